The summed E-state index contributed by atoms with van der Waals surface area (Å²) < 4.78 is 0. The first-order valence-electron chi connectivity index (χ1n) is 7.55. The summed E-state index contributed by atoms with van der Waals surface area (Å²) in [7, 11) is 0. The van der Waals surface area contributed by atoms with Gasteiger partial charge in [0.15, 0.2) is 0 Å². The summed E-state index contributed by atoms with van der Waals surface area (Å²) in [4.78, 5) is 25.4. The van der Waals surface area contributed by atoms with Crippen LogP contribution in [0.3, 0.4) is 0 Å². The van der Waals surface area contributed by atoms with Crippen LogP contribution in [-0.4, -0.2) is 48.4 Å². The van der Waals surface area contributed by atoms with Crippen LogP contribution >= 0.6 is 12.4 Å². The summed E-state index contributed by atoms with van der Waals surface area (Å²) in [6, 6.07) is 0.414. The number of carbonyl (C=O) groups is 2. The van der Waals surface area contributed by atoms with Crippen molar-refractivity contribution in [2.45, 2.75) is 50.6 Å². The minimum absolute atomic E-state index is 0. The van der Waals surface area contributed by atoms with Gasteiger partial charge >= 0.3 is 0 Å². The Hall–Kier alpha value is -0.810. The first-order chi connectivity index (χ1) is 9.24. The fourth-order valence-corrected chi connectivity index (χ4v) is 3.66. The Kier molecular flexibility index (Phi) is 5.27. The van der Waals surface area contributed by atoms with E-state index in [1.54, 1.807) is 0 Å². The maximum absolute atomic E-state index is 12.3. The lowest BCUT2D eigenvalue weighted by molar-refractivity contribution is -0.135. The van der Waals surface area contributed by atoms with Gasteiger partial charge in [0.2, 0.25) is 11.8 Å². The van der Waals surface area contributed by atoms with Gasteiger partial charge in [0, 0.05) is 25.6 Å². The van der Waals surface area contributed by atoms with Crippen molar-refractivity contribution in [1.82, 2.24) is 15.5 Å². The molecule has 5 nitrogen and oxygen atoms in total. The number of hydrogen-bond donors (Lipinski definition) is 2. The molecule has 0 spiro atoms. The molecule has 0 aromatic carbocycles. The number of hydrogen-bond acceptors (Lipinski definition) is 3. The first kappa shape index (κ1) is 15.6. The largest absolute Gasteiger partial charge is 0.344 e. The fourth-order valence-electron chi connectivity index (χ4n) is 3.66. The third-order valence-electron chi connectivity index (χ3n) is 4.81. The fraction of sp³-hybridized carbons (Fsp3) is 0.857. The zero-order valence-corrected chi connectivity index (χ0v) is 12.6. The Morgan fingerprint density at radius 1 is 1.15 bits per heavy atom. The average molecular weight is 302 g/mol. The lowest BCUT2D eigenvalue weighted by Crippen LogP contribution is -2.49. The quantitative estimate of drug-likeness (QED) is 0.788. The Bertz CT molecular complexity index is 363. The van der Waals surface area contributed by atoms with Crippen LogP contribution in [0.5, 0.6) is 0 Å². The van der Waals surface area contributed by atoms with Crippen molar-refractivity contribution < 1.29 is 9.59 Å². The molecule has 3 aliphatic rings. The van der Waals surface area contributed by atoms with Crippen LogP contribution in [0, 0.1) is 5.92 Å². The van der Waals surface area contributed by atoms with E-state index in [2.05, 4.69) is 10.6 Å². The van der Waals surface area contributed by atoms with Gasteiger partial charge in [-0.05, 0) is 44.6 Å². The van der Waals surface area contributed by atoms with E-state index in [-0.39, 0.29) is 30.3 Å². The molecule has 2 atom stereocenters. The van der Waals surface area contributed by atoms with Gasteiger partial charge in [0.1, 0.15) is 6.04 Å². The van der Waals surface area contributed by atoms with Gasteiger partial charge in [-0.1, -0.05) is 0 Å². The summed E-state index contributed by atoms with van der Waals surface area (Å²) in [6.45, 7) is 2.86. The van der Waals surface area contributed by atoms with E-state index in [9.17, 15) is 9.59 Å². The van der Waals surface area contributed by atoms with Crippen LogP contribution in [0.2, 0.25) is 0 Å². The number of piperidine rings is 1. The van der Waals surface area contributed by atoms with Crippen molar-refractivity contribution in [1.29, 1.82) is 0 Å². The van der Waals surface area contributed by atoms with Gasteiger partial charge in [0.25, 0.3) is 0 Å². The van der Waals surface area contributed by atoms with E-state index in [1.807, 2.05) is 4.90 Å². The Labute approximate surface area is 126 Å². The van der Waals surface area contributed by atoms with E-state index >= 15 is 0 Å². The van der Waals surface area contributed by atoms with Crippen LogP contribution in [-0.2, 0) is 9.59 Å². The van der Waals surface area contributed by atoms with Crippen molar-refractivity contribution in [3.63, 3.8) is 0 Å². The van der Waals surface area contributed by atoms with Crippen molar-refractivity contribution in [2.75, 3.05) is 19.6 Å². The molecule has 0 aromatic heterocycles. The zero-order chi connectivity index (χ0) is 13.2. The number of likely N-dealkylation sites (tertiary alicyclic amines) is 1. The van der Waals surface area contributed by atoms with Gasteiger partial charge in [-0.25, -0.2) is 0 Å². The third-order valence-corrected chi connectivity index (χ3v) is 4.81. The highest BCUT2D eigenvalue weighted by atomic mass is 35.5. The van der Waals surface area contributed by atoms with Gasteiger partial charge in [-0.3, -0.25) is 9.59 Å². The number of nitrogens with zero attached hydrogens (tertiary/aromatic N) is 1. The second kappa shape index (κ2) is 6.76. The van der Waals surface area contributed by atoms with Crippen LogP contribution in [0.25, 0.3) is 0 Å². The summed E-state index contributed by atoms with van der Waals surface area (Å²) in [5.41, 5.74) is 0. The van der Waals surface area contributed by atoms with E-state index in [4.69, 9.17) is 0 Å². The summed E-state index contributed by atoms with van der Waals surface area (Å²) in [6.07, 6.45) is 5.95. The lowest BCUT2D eigenvalue weighted by Gasteiger charge is -2.36. The molecule has 3 rings (SSSR count). The molecule has 0 aromatic rings. The average Bonchev–Trinajstić information content (AvgIpc) is 3.09. The topological polar surface area (TPSA) is 61.4 Å². The molecular formula is C14H24ClN3O2. The second-order valence-electron chi connectivity index (χ2n) is 6.02. The number of rotatable bonds is 2. The second-order valence-corrected chi connectivity index (χ2v) is 6.02. The number of amides is 2. The Morgan fingerprint density at radius 3 is 2.45 bits per heavy atom. The van der Waals surface area contributed by atoms with Crippen LogP contribution in [0.15, 0.2) is 0 Å². The molecule has 3 saturated heterocycles. The normalized spacial score (nSPS) is 31.0. The predicted octanol–water partition coefficient (Wildman–Crippen LogP) is 0.677. The molecule has 114 valence electrons. The molecule has 2 amide bonds. The summed E-state index contributed by atoms with van der Waals surface area (Å²) in [5, 5.41) is 6.35. The minimum atomic E-state index is -0.256. The summed E-state index contributed by atoms with van der Waals surface area (Å²) >= 11 is 0. The molecular weight excluding hydrogens is 278 g/mol. The van der Waals surface area contributed by atoms with E-state index in [1.165, 1.54) is 12.8 Å². The van der Waals surface area contributed by atoms with Crippen LogP contribution in [0.4, 0.5) is 0 Å². The molecule has 6 heteroatoms. The molecule has 0 radical (unpaired) electrons. The van der Waals surface area contributed by atoms with Crippen molar-refractivity contribution in [2.24, 2.45) is 5.92 Å². The van der Waals surface area contributed by atoms with Crippen molar-refractivity contribution in [3.05, 3.63) is 0 Å². The van der Waals surface area contributed by atoms with E-state index < -0.39 is 0 Å². The summed E-state index contributed by atoms with van der Waals surface area (Å²) in [5.74, 6) is 0.872. The molecule has 0 saturated carbocycles. The molecule has 20 heavy (non-hydrogen) atoms. The van der Waals surface area contributed by atoms with E-state index in [0.29, 0.717) is 18.9 Å². The van der Waals surface area contributed by atoms with Crippen LogP contribution in [0.1, 0.15) is 38.5 Å². The molecule has 2 N–H and O–H groups in total. The molecule has 3 fully saturated rings. The minimum Gasteiger partial charge on any atom is -0.344 e. The Morgan fingerprint density at radius 2 is 1.90 bits per heavy atom. The highest BCUT2D eigenvalue weighted by Crippen LogP contribution is 2.26. The van der Waals surface area contributed by atoms with Crippen LogP contribution < -0.4 is 10.6 Å². The van der Waals surface area contributed by atoms with Gasteiger partial charge < -0.3 is 15.5 Å². The zero-order valence-electron chi connectivity index (χ0n) is 11.8. The molecule has 3 heterocycles. The first-order valence-corrected chi connectivity index (χ1v) is 7.55. The van der Waals surface area contributed by atoms with Gasteiger partial charge in [-0.2, -0.15) is 0 Å². The van der Waals surface area contributed by atoms with E-state index in [0.717, 1.165) is 38.4 Å². The highest BCUT2D eigenvalue weighted by molar-refractivity contribution is 5.90. The maximum atomic E-state index is 12.3. The van der Waals surface area contributed by atoms with Gasteiger partial charge in [-0.15, -0.1) is 12.4 Å². The molecule has 0 bridgehead atoms. The lowest BCUT2D eigenvalue weighted by atomic mass is 9.88. The number of carbonyl (C=O) groups excluding carboxylic acids is 2. The maximum Gasteiger partial charge on any atom is 0.245 e. The molecule has 1 unspecified atom stereocenters. The Balaban J connectivity index is 0.00000147. The molecule has 0 aliphatic carbocycles. The molecule has 3 aliphatic heterocycles. The van der Waals surface area contributed by atoms with Crippen molar-refractivity contribution in [3.8, 4) is 0 Å². The predicted molar refractivity (Wildman–Crippen MR) is 78.7 cm³/mol. The van der Waals surface area contributed by atoms with Gasteiger partial charge in [0.05, 0.1) is 0 Å². The highest BCUT2D eigenvalue weighted by Gasteiger charge is 2.34. The van der Waals surface area contributed by atoms with Crippen molar-refractivity contribution >= 4 is 24.2 Å². The monoisotopic (exact) mass is 301 g/mol. The number of nitrogens with one attached hydrogen (secondary N) is 2. The standard InChI is InChI=1S/C14H23N3O2.ClH/c18-13-4-3-12(16-13)14(19)17-8-5-10(6-9-17)11-2-1-7-15-11;/h10-12,15H,1-9H2,(H,16,18);1H/t11?,12-;/m0./s1. The number of halogens is 1. The third kappa shape index (κ3) is 3.26. The SMILES string of the molecule is Cl.O=C1CC[C@@H](C(=O)N2CCC(C3CCCN3)CC2)N1. The smallest absolute Gasteiger partial charge is 0.245 e.